The Balaban J connectivity index is 1.91. The lowest BCUT2D eigenvalue weighted by molar-refractivity contribution is -0.148. The van der Waals surface area contributed by atoms with Gasteiger partial charge in [-0.2, -0.15) is 0 Å². The number of ether oxygens (including phenoxy) is 1. The molecule has 0 unspecified atom stereocenters. The summed E-state index contributed by atoms with van der Waals surface area (Å²) in [5.74, 6) is -0.947. The number of rotatable bonds is 5. The number of amides is 1. The van der Waals surface area contributed by atoms with Crippen molar-refractivity contribution >= 4 is 39.6 Å². The molecule has 24 heavy (non-hydrogen) atoms. The molecule has 4 nitrogen and oxygen atoms in total. The minimum Gasteiger partial charge on any atom is -0.449 e. The van der Waals surface area contributed by atoms with E-state index in [1.54, 1.807) is 18.2 Å². The van der Waals surface area contributed by atoms with Crippen molar-refractivity contribution in [1.29, 1.82) is 0 Å². The summed E-state index contributed by atoms with van der Waals surface area (Å²) in [6.45, 7) is 3.52. The normalized spacial score (nSPS) is 12.0. The molecule has 0 saturated carbocycles. The van der Waals surface area contributed by atoms with Crippen LogP contribution in [0.15, 0.2) is 59.1 Å². The highest BCUT2D eigenvalue weighted by Crippen LogP contribution is 2.19. The predicted molar refractivity (Wildman–Crippen MR) is 98.5 cm³/mol. The smallest absolute Gasteiger partial charge is 0.331 e. The first-order valence-corrected chi connectivity index (χ1v) is 8.26. The van der Waals surface area contributed by atoms with Crippen molar-refractivity contribution in [3.63, 3.8) is 0 Å². The second-order valence-corrected chi connectivity index (χ2v) is 6.15. The van der Waals surface area contributed by atoms with Crippen LogP contribution in [0.5, 0.6) is 0 Å². The molecule has 2 rings (SSSR count). The van der Waals surface area contributed by atoms with Gasteiger partial charge in [-0.05, 0) is 49.2 Å². The zero-order valence-corrected chi connectivity index (χ0v) is 15.0. The third-order valence-corrected chi connectivity index (χ3v) is 3.95. The minimum atomic E-state index is -0.885. The lowest BCUT2D eigenvalue weighted by atomic mass is 10.1. The minimum absolute atomic E-state index is 0.375. The number of nitrogens with one attached hydrogen (secondary N) is 1. The van der Waals surface area contributed by atoms with Gasteiger partial charge < -0.3 is 10.1 Å². The summed E-state index contributed by atoms with van der Waals surface area (Å²) in [5.41, 5.74) is 2.64. The third kappa shape index (κ3) is 5.35. The molecule has 0 saturated heterocycles. The Labute approximate surface area is 149 Å². The molecule has 0 spiro atoms. The average molecular weight is 388 g/mol. The van der Waals surface area contributed by atoms with E-state index in [0.29, 0.717) is 5.69 Å². The van der Waals surface area contributed by atoms with Crippen LogP contribution < -0.4 is 5.32 Å². The quantitative estimate of drug-likeness (QED) is 0.613. The molecular weight excluding hydrogens is 370 g/mol. The van der Waals surface area contributed by atoms with E-state index in [0.717, 1.165) is 15.6 Å². The fraction of sp³-hybridized carbons (Fsp3) is 0.158. The Bertz CT molecular complexity index is 756. The SMILES string of the molecule is Cc1ccc(/C=C/C(=O)O[C@@H](C)C(=O)Nc2ccccc2)c(Br)c1. The summed E-state index contributed by atoms with van der Waals surface area (Å²) in [5, 5.41) is 2.69. The molecule has 0 bridgehead atoms. The van der Waals surface area contributed by atoms with Gasteiger partial charge in [-0.1, -0.05) is 46.3 Å². The van der Waals surface area contributed by atoms with Gasteiger partial charge in [-0.15, -0.1) is 0 Å². The summed E-state index contributed by atoms with van der Waals surface area (Å²) < 4.78 is 6.01. The van der Waals surface area contributed by atoms with Crippen molar-refractivity contribution < 1.29 is 14.3 Å². The maximum absolute atomic E-state index is 12.0. The van der Waals surface area contributed by atoms with E-state index in [2.05, 4.69) is 21.2 Å². The van der Waals surface area contributed by atoms with E-state index >= 15 is 0 Å². The monoisotopic (exact) mass is 387 g/mol. The van der Waals surface area contributed by atoms with Gasteiger partial charge in [0.2, 0.25) is 0 Å². The van der Waals surface area contributed by atoms with Crippen LogP contribution in [-0.2, 0) is 14.3 Å². The number of carbonyl (C=O) groups is 2. The first kappa shape index (κ1) is 17.9. The van der Waals surface area contributed by atoms with E-state index in [1.165, 1.54) is 13.0 Å². The Morgan fingerprint density at radius 2 is 1.88 bits per heavy atom. The number of halogens is 1. The number of aryl methyl sites for hydroxylation is 1. The third-order valence-electron chi connectivity index (χ3n) is 3.26. The van der Waals surface area contributed by atoms with Crippen molar-refractivity contribution in [2.75, 3.05) is 5.32 Å². The lowest BCUT2D eigenvalue weighted by Gasteiger charge is -2.12. The van der Waals surface area contributed by atoms with Crippen LogP contribution in [-0.4, -0.2) is 18.0 Å². The van der Waals surface area contributed by atoms with Crippen molar-refractivity contribution in [1.82, 2.24) is 0 Å². The molecule has 2 aromatic rings. The number of para-hydroxylation sites is 1. The Hall–Kier alpha value is -2.40. The van der Waals surface area contributed by atoms with Crippen molar-refractivity contribution in [2.45, 2.75) is 20.0 Å². The van der Waals surface area contributed by atoms with Crippen LogP contribution in [0.25, 0.3) is 6.08 Å². The summed E-state index contributed by atoms with van der Waals surface area (Å²) in [7, 11) is 0. The topological polar surface area (TPSA) is 55.4 Å². The summed E-state index contributed by atoms with van der Waals surface area (Å²) >= 11 is 3.44. The molecular formula is C19H18BrNO3. The van der Waals surface area contributed by atoms with Crippen LogP contribution in [0.2, 0.25) is 0 Å². The number of hydrogen-bond donors (Lipinski definition) is 1. The average Bonchev–Trinajstić information content (AvgIpc) is 2.55. The molecule has 0 radical (unpaired) electrons. The van der Waals surface area contributed by atoms with Gasteiger partial charge in [0, 0.05) is 16.2 Å². The fourth-order valence-electron chi connectivity index (χ4n) is 1.96. The Kier molecular flexibility index (Phi) is 6.32. The number of anilines is 1. The maximum atomic E-state index is 12.0. The van der Waals surface area contributed by atoms with Crippen LogP contribution in [0.3, 0.4) is 0 Å². The highest BCUT2D eigenvalue weighted by atomic mass is 79.9. The van der Waals surface area contributed by atoms with Gasteiger partial charge in [0.25, 0.3) is 5.91 Å². The highest BCUT2D eigenvalue weighted by Gasteiger charge is 2.16. The summed E-state index contributed by atoms with van der Waals surface area (Å²) in [6.07, 6.45) is 2.07. The predicted octanol–water partition coefficient (Wildman–Crippen LogP) is 4.34. The van der Waals surface area contributed by atoms with Gasteiger partial charge in [0.1, 0.15) is 0 Å². The van der Waals surface area contributed by atoms with Gasteiger partial charge >= 0.3 is 5.97 Å². The Morgan fingerprint density at radius 3 is 2.54 bits per heavy atom. The number of carbonyl (C=O) groups excluding carboxylic acids is 2. The number of esters is 1. The van der Waals surface area contributed by atoms with Crippen LogP contribution in [0, 0.1) is 6.92 Å². The molecule has 0 aromatic heterocycles. The molecule has 0 aliphatic rings. The molecule has 0 heterocycles. The van der Waals surface area contributed by atoms with Gasteiger partial charge in [-0.25, -0.2) is 4.79 Å². The molecule has 0 aliphatic heterocycles. The van der Waals surface area contributed by atoms with Crippen molar-refractivity contribution in [3.05, 3.63) is 70.2 Å². The van der Waals surface area contributed by atoms with Crippen molar-refractivity contribution in [2.24, 2.45) is 0 Å². The van der Waals surface area contributed by atoms with E-state index < -0.39 is 12.1 Å². The molecule has 2 aromatic carbocycles. The van der Waals surface area contributed by atoms with Crippen LogP contribution in [0.4, 0.5) is 5.69 Å². The maximum Gasteiger partial charge on any atom is 0.331 e. The number of hydrogen-bond acceptors (Lipinski definition) is 3. The molecule has 1 atom stereocenters. The molecule has 0 fully saturated rings. The van der Waals surface area contributed by atoms with E-state index in [4.69, 9.17) is 4.74 Å². The highest BCUT2D eigenvalue weighted by molar-refractivity contribution is 9.10. The first-order valence-electron chi connectivity index (χ1n) is 7.46. The lowest BCUT2D eigenvalue weighted by Crippen LogP contribution is -2.29. The van der Waals surface area contributed by atoms with Gasteiger partial charge in [0.05, 0.1) is 0 Å². The molecule has 5 heteroatoms. The Morgan fingerprint density at radius 1 is 1.17 bits per heavy atom. The van der Waals surface area contributed by atoms with Crippen molar-refractivity contribution in [3.8, 4) is 0 Å². The summed E-state index contributed by atoms with van der Waals surface area (Å²) in [6, 6.07) is 14.8. The number of benzene rings is 2. The molecule has 124 valence electrons. The van der Waals surface area contributed by atoms with Crippen LogP contribution >= 0.6 is 15.9 Å². The van der Waals surface area contributed by atoms with Gasteiger partial charge in [-0.3, -0.25) is 4.79 Å². The van der Waals surface area contributed by atoms with E-state index in [9.17, 15) is 9.59 Å². The first-order chi connectivity index (χ1) is 11.5. The van der Waals surface area contributed by atoms with E-state index in [1.807, 2.05) is 43.3 Å². The second-order valence-electron chi connectivity index (χ2n) is 5.29. The zero-order chi connectivity index (χ0) is 17.5. The molecule has 1 amide bonds. The van der Waals surface area contributed by atoms with Gasteiger partial charge in [0.15, 0.2) is 6.10 Å². The summed E-state index contributed by atoms with van der Waals surface area (Å²) in [4.78, 5) is 23.9. The van der Waals surface area contributed by atoms with E-state index in [-0.39, 0.29) is 5.91 Å². The standard InChI is InChI=1S/C19H18BrNO3/c1-13-8-9-15(17(20)12-13)10-11-18(22)24-14(2)19(23)21-16-6-4-3-5-7-16/h3-12,14H,1-2H3,(H,21,23)/b11-10+/t14-/m0/s1. The second kappa shape index (κ2) is 8.45. The zero-order valence-electron chi connectivity index (χ0n) is 13.5. The fourth-order valence-corrected chi connectivity index (χ4v) is 2.58. The molecule has 0 aliphatic carbocycles. The largest absolute Gasteiger partial charge is 0.449 e. The molecule has 1 N–H and O–H groups in total. The van der Waals surface area contributed by atoms with Crippen LogP contribution in [0.1, 0.15) is 18.1 Å².